The first kappa shape index (κ1) is 18.9. The van der Waals surface area contributed by atoms with E-state index in [-0.39, 0.29) is 0 Å². The molecular weight excluding hydrogens is 234 g/mol. The highest BCUT2D eigenvalue weighted by molar-refractivity contribution is 4.67. The smallest absolute Gasteiger partial charge is 0.0459 e. The molecule has 0 aromatic rings. The van der Waals surface area contributed by atoms with Crippen molar-refractivity contribution in [2.45, 2.75) is 73.6 Å². The van der Waals surface area contributed by atoms with Crippen LogP contribution in [0.5, 0.6) is 0 Å². The Balaban J connectivity index is 3.57. The van der Waals surface area contributed by atoms with Crippen molar-refractivity contribution >= 4 is 0 Å². The summed E-state index contributed by atoms with van der Waals surface area (Å²) >= 11 is 0. The van der Waals surface area contributed by atoms with Gasteiger partial charge in [0.15, 0.2) is 0 Å². The van der Waals surface area contributed by atoms with E-state index in [0.717, 1.165) is 19.5 Å². The number of nitrogens with one attached hydrogen (secondary N) is 1. The predicted octanol–water partition coefficient (Wildman–Crippen LogP) is 4.23. The van der Waals surface area contributed by atoms with Crippen LogP contribution in [0.4, 0.5) is 0 Å². The molecule has 0 saturated heterocycles. The SMILES string of the molecule is CC(C)(C)CC[C@H](CO)CCCCNCC(C)(C)C. The topological polar surface area (TPSA) is 32.3 Å². The summed E-state index contributed by atoms with van der Waals surface area (Å²) in [4.78, 5) is 0. The van der Waals surface area contributed by atoms with E-state index in [9.17, 15) is 5.11 Å². The summed E-state index contributed by atoms with van der Waals surface area (Å²) in [6.07, 6.45) is 5.99. The molecule has 2 heteroatoms. The van der Waals surface area contributed by atoms with Crippen molar-refractivity contribution in [3.63, 3.8) is 0 Å². The summed E-state index contributed by atoms with van der Waals surface area (Å²) in [5.41, 5.74) is 0.766. The first-order valence-corrected chi connectivity index (χ1v) is 7.96. The normalized spacial score (nSPS) is 14.7. The zero-order chi connectivity index (χ0) is 14.9. The molecule has 0 aromatic carbocycles. The van der Waals surface area contributed by atoms with E-state index in [1.165, 1.54) is 25.7 Å². The Morgan fingerprint density at radius 3 is 2.00 bits per heavy atom. The molecule has 19 heavy (non-hydrogen) atoms. The fourth-order valence-corrected chi connectivity index (χ4v) is 2.11. The molecule has 116 valence electrons. The van der Waals surface area contributed by atoms with Gasteiger partial charge in [-0.1, -0.05) is 48.0 Å². The number of hydrogen-bond donors (Lipinski definition) is 2. The molecule has 0 aliphatic rings. The van der Waals surface area contributed by atoms with Crippen molar-refractivity contribution in [3.8, 4) is 0 Å². The lowest BCUT2D eigenvalue weighted by molar-refractivity contribution is 0.190. The van der Waals surface area contributed by atoms with E-state index in [1.807, 2.05) is 0 Å². The average Bonchev–Trinajstić information content (AvgIpc) is 2.24. The van der Waals surface area contributed by atoms with Gasteiger partial charge in [0.05, 0.1) is 0 Å². The van der Waals surface area contributed by atoms with Crippen LogP contribution >= 0.6 is 0 Å². The Labute approximate surface area is 121 Å². The van der Waals surface area contributed by atoms with E-state index in [4.69, 9.17) is 0 Å². The third-order valence-corrected chi connectivity index (χ3v) is 3.43. The van der Waals surface area contributed by atoms with Crippen LogP contribution in [0.3, 0.4) is 0 Å². The lowest BCUT2D eigenvalue weighted by atomic mass is 9.85. The molecule has 0 unspecified atom stereocenters. The minimum atomic E-state index is 0.353. The molecular formula is C17H37NO. The monoisotopic (exact) mass is 271 g/mol. The van der Waals surface area contributed by atoms with Crippen molar-refractivity contribution in [2.75, 3.05) is 19.7 Å². The molecule has 2 nitrogen and oxygen atoms in total. The predicted molar refractivity (Wildman–Crippen MR) is 85.4 cm³/mol. The fraction of sp³-hybridized carbons (Fsp3) is 1.00. The van der Waals surface area contributed by atoms with Crippen LogP contribution in [0.1, 0.15) is 73.6 Å². The van der Waals surface area contributed by atoms with Crippen LogP contribution < -0.4 is 5.32 Å². The molecule has 0 heterocycles. The molecule has 0 bridgehead atoms. The fourth-order valence-electron chi connectivity index (χ4n) is 2.11. The largest absolute Gasteiger partial charge is 0.396 e. The van der Waals surface area contributed by atoms with Crippen LogP contribution in [0.15, 0.2) is 0 Å². The molecule has 0 amide bonds. The molecule has 0 spiro atoms. The zero-order valence-corrected chi connectivity index (χ0v) is 14.2. The van der Waals surface area contributed by atoms with Gasteiger partial charge in [-0.05, 0) is 55.5 Å². The van der Waals surface area contributed by atoms with Gasteiger partial charge in [-0.2, -0.15) is 0 Å². The van der Waals surface area contributed by atoms with Gasteiger partial charge in [0.25, 0.3) is 0 Å². The third kappa shape index (κ3) is 14.1. The first-order chi connectivity index (χ1) is 8.64. The molecule has 0 aromatic heterocycles. The van der Waals surface area contributed by atoms with Crippen molar-refractivity contribution in [1.29, 1.82) is 0 Å². The summed E-state index contributed by atoms with van der Waals surface area (Å²) in [6.45, 7) is 16.1. The lowest BCUT2D eigenvalue weighted by Gasteiger charge is -2.22. The summed E-state index contributed by atoms with van der Waals surface area (Å²) in [7, 11) is 0. The van der Waals surface area contributed by atoms with Gasteiger partial charge in [-0.25, -0.2) is 0 Å². The van der Waals surface area contributed by atoms with Gasteiger partial charge in [0.1, 0.15) is 0 Å². The number of aliphatic hydroxyl groups excluding tert-OH is 1. The molecule has 0 saturated carbocycles. The standard InChI is InChI=1S/C17H37NO/c1-16(2,3)11-10-15(13-19)9-7-8-12-18-14-17(4,5)6/h15,18-19H,7-14H2,1-6H3/t15-/m1/s1. The molecule has 0 rings (SSSR count). The summed E-state index contributed by atoms with van der Waals surface area (Å²) in [5.74, 6) is 0.502. The van der Waals surface area contributed by atoms with Crippen LogP contribution in [0, 0.1) is 16.7 Å². The minimum Gasteiger partial charge on any atom is -0.396 e. The van der Waals surface area contributed by atoms with Crippen molar-refractivity contribution in [2.24, 2.45) is 16.7 Å². The van der Waals surface area contributed by atoms with Crippen LogP contribution in [-0.4, -0.2) is 24.8 Å². The highest BCUT2D eigenvalue weighted by Gasteiger charge is 2.14. The molecule has 1 atom stereocenters. The highest BCUT2D eigenvalue weighted by Crippen LogP contribution is 2.25. The second-order valence-electron chi connectivity index (χ2n) is 8.38. The molecule has 2 N–H and O–H groups in total. The van der Waals surface area contributed by atoms with Crippen LogP contribution in [-0.2, 0) is 0 Å². The van der Waals surface area contributed by atoms with E-state index < -0.39 is 0 Å². The van der Waals surface area contributed by atoms with E-state index in [2.05, 4.69) is 46.9 Å². The van der Waals surface area contributed by atoms with Gasteiger partial charge >= 0.3 is 0 Å². The second-order valence-corrected chi connectivity index (χ2v) is 8.38. The maximum absolute atomic E-state index is 9.42. The Morgan fingerprint density at radius 2 is 1.53 bits per heavy atom. The lowest BCUT2D eigenvalue weighted by Crippen LogP contribution is -2.27. The van der Waals surface area contributed by atoms with Crippen LogP contribution in [0.2, 0.25) is 0 Å². The van der Waals surface area contributed by atoms with Gasteiger partial charge in [0.2, 0.25) is 0 Å². The number of hydrogen-bond acceptors (Lipinski definition) is 2. The number of aliphatic hydroxyl groups is 1. The van der Waals surface area contributed by atoms with Gasteiger partial charge < -0.3 is 10.4 Å². The molecule has 0 fully saturated rings. The van der Waals surface area contributed by atoms with Crippen molar-refractivity contribution in [3.05, 3.63) is 0 Å². The first-order valence-electron chi connectivity index (χ1n) is 7.96. The Bertz CT molecular complexity index is 212. The van der Waals surface area contributed by atoms with Gasteiger partial charge in [0, 0.05) is 6.61 Å². The van der Waals surface area contributed by atoms with E-state index in [1.54, 1.807) is 0 Å². The van der Waals surface area contributed by atoms with Crippen LogP contribution in [0.25, 0.3) is 0 Å². The van der Waals surface area contributed by atoms with Crippen molar-refractivity contribution < 1.29 is 5.11 Å². The number of unbranched alkanes of at least 4 members (excludes halogenated alkanes) is 1. The molecule has 0 radical (unpaired) electrons. The summed E-state index contributed by atoms with van der Waals surface area (Å²) in [5, 5.41) is 12.9. The molecule has 0 aliphatic carbocycles. The zero-order valence-electron chi connectivity index (χ0n) is 14.2. The Kier molecular flexibility index (Phi) is 8.93. The highest BCUT2D eigenvalue weighted by atomic mass is 16.3. The van der Waals surface area contributed by atoms with Crippen molar-refractivity contribution in [1.82, 2.24) is 5.32 Å². The Morgan fingerprint density at radius 1 is 0.895 bits per heavy atom. The maximum Gasteiger partial charge on any atom is 0.0459 e. The quantitative estimate of drug-likeness (QED) is 0.615. The van der Waals surface area contributed by atoms with Gasteiger partial charge in [-0.3, -0.25) is 0 Å². The number of rotatable bonds is 9. The minimum absolute atomic E-state index is 0.353. The summed E-state index contributed by atoms with van der Waals surface area (Å²) < 4.78 is 0. The average molecular weight is 271 g/mol. The maximum atomic E-state index is 9.42. The van der Waals surface area contributed by atoms with Gasteiger partial charge in [-0.15, -0.1) is 0 Å². The Hall–Kier alpha value is -0.0800. The van der Waals surface area contributed by atoms with E-state index >= 15 is 0 Å². The third-order valence-electron chi connectivity index (χ3n) is 3.43. The molecule has 0 aliphatic heterocycles. The van der Waals surface area contributed by atoms with E-state index in [0.29, 0.717) is 23.4 Å². The summed E-state index contributed by atoms with van der Waals surface area (Å²) in [6, 6.07) is 0. The second kappa shape index (κ2) is 8.97.